The Kier molecular flexibility index (Phi) is 6.90. The minimum Gasteiger partial charge on any atom is -0.373 e. The summed E-state index contributed by atoms with van der Waals surface area (Å²) in [5, 5.41) is 4.80. The van der Waals surface area contributed by atoms with E-state index in [1.807, 2.05) is 79.8 Å². The number of sulfonamides is 1. The maximum atomic E-state index is 14.2. The van der Waals surface area contributed by atoms with Crippen LogP contribution >= 0.6 is 0 Å². The molecule has 0 aliphatic rings. The summed E-state index contributed by atoms with van der Waals surface area (Å²) in [4.78, 5) is 17.7. The Morgan fingerprint density at radius 2 is 1.57 bits per heavy atom. The van der Waals surface area contributed by atoms with Crippen molar-refractivity contribution in [3.05, 3.63) is 121 Å². The summed E-state index contributed by atoms with van der Waals surface area (Å²) in [6.07, 6.45) is 4.82. The van der Waals surface area contributed by atoms with Crippen molar-refractivity contribution in [2.24, 2.45) is 0 Å². The fourth-order valence-corrected chi connectivity index (χ4v) is 6.37. The van der Waals surface area contributed by atoms with Gasteiger partial charge in [0.15, 0.2) is 0 Å². The van der Waals surface area contributed by atoms with Crippen LogP contribution in [0.15, 0.2) is 115 Å². The van der Waals surface area contributed by atoms with E-state index in [4.69, 9.17) is 0 Å². The quantitative estimate of drug-likeness (QED) is 0.262. The molecule has 0 aliphatic heterocycles. The van der Waals surface area contributed by atoms with Crippen LogP contribution in [0.5, 0.6) is 0 Å². The average molecular weight is 547 g/mol. The van der Waals surface area contributed by atoms with Crippen LogP contribution in [0.2, 0.25) is 0 Å². The predicted molar refractivity (Wildman–Crippen MR) is 157 cm³/mol. The molecule has 0 aliphatic carbocycles. The van der Waals surface area contributed by atoms with E-state index in [2.05, 4.69) is 25.3 Å². The van der Waals surface area contributed by atoms with Crippen molar-refractivity contribution < 1.29 is 8.42 Å². The average Bonchev–Trinajstić information content (AvgIpc) is 3.00. The number of benzene rings is 3. The molecule has 198 valence electrons. The maximum Gasteiger partial charge on any atom is 0.245 e. The highest BCUT2D eigenvalue weighted by Gasteiger charge is 2.28. The van der Waals surface area contributed by atoms with Crippen LogP contribution in [0.4, 0.5) is 5.82 Å². The number of anilines is 1. The van der Waals surface area contributed by atoms with Gasteiger partial charge in [0.05, 0.1) is 23.3 Å². The molecular weight excluding hydrogens is 520 g/mol. The standard InChI is InChI=1S/C31H26N6O2S/c1-32-31-27-18-25(13-14-28(27)35-21-36-31)24-9-4-7-22(17-24)19-37(20-26-11-2-3-15-33-26)40(38,39)29-12-5-8-23-10-6-16-34-30(23)29/h2-18,21H,19-20H2,1H3,(H,32,35,36). The molecule has 0 saturated heterocycles. The molecule has 3 aromatic heterocycles. The lowest BCUT2D eigenvalue weighted by atomic mass is 10.0. The van der Waals surface area contributed by atoms with Crippen molar-refractivity contribution in [3.8, 4) is 11.1 Å². The Bertz CT molecular complexity index is 1920. The maximum absolute atomic E-state index is 14.2. The molecule has 6 rings (SSSR count). The summed E-state index contributed by atoms with van der Waals surface area (Å²) in [6.45, 7) is 0.282. The first-order chi connectivity index (χ1) is 19.5. The van der Waals surface area contributed by atoms with E-state index in [-0.39, 0.29) is 18.0 Å². The van der Waals surface area contributed by atoms with Crippen molar-refractivity contribution in [1.82, 2.24) is 24.2 Å². The topological polar surface area (TPSA) is 101 Å². The molecule has 1 N–H and O–H groups in total. The number of nitrogens with zero attached hydrogens (tertiary/aromatic N) is 5. The van der Waals surface area contributed by atoms with Gasteiger partial charge in [-0.05, 0) is 59.2 Å². The van der Waals surface area contributed by atoms with Crippen LogP contribution in [0, 0.1) is 0 Å². The molecule has 0 bridgehead atoms. The van der Waals surface area contributed by atoms with Crippen LogP contribution in [-0.2, 0) is 23.1 Å². The number of aromatic nitrogens is 4. The minimum absolute atomic E-state index is 0.121. The van der Waals surface area contributed by atoms with E-state index in [9.17, 15) is 8.42 Å². The first kappa shape index (κ1) is 25.5. The molecule has 8 nitrogen and oxygen atoms in total. The Morgan fingerprint density at radius 3 is 2.42 bits per heavy atom. The van der Waals surface area contributed by atoms with Crippen LogP contribution in [0.1, 0.15) is 11.3 Å². The summed E-state index contributed by atoms with van der Waals surface area (Å²) in [6, 6.07) is 28.3. The Labute approximate surface area is 232 Å². The number of hydrogen-bond donors (Lipinski definition) is 1. The zero-order valence-corrected chi connectivity index (χ0v) is 22.6. The van der Waals surface area contributed by atoms with Gasteiger partial charge in [-0.3, -0.25) is 9.97 Å². The van der Waals surface area contributed by atoms with Gasteiger partial charge in [0.2, 0.25) is 10.0 Å². The fourth-order valence-electron chi connectivity index (χ4n) is 4.81. The number of rotatable bonds is 8. The minimum atomic E-state index is -3.93. The van der Waals surface area contributed by atoms with E-state index in [0.29, 0.717) is 11.2 Å². The van der Waals surface area contributed by atoms with Gasteiger partial charge in [0.1, 0.15) is 17.0 Å². The highest BCUT2D eigenvalue weighted by atomic mass is 32.2. The summed E-state index contributed by atoms with van der Waals surface area (Å²) in [7, 11) is -2.10. The smallest absolute Gasteiger partial charge is 0.245 e. The number of nitrogens with one attached hydrogen (secondary N) is 1. The largest absolute Gasteiger partial charge is 0.373 e. The summed E-state index contributed by atoms with van der Waals surface area (Å²) in [5.41, 5.74) is 4.75. The fraction of sp³-hybridized carbons (Fsp3) is 0.0968. The van der Waals surface area contributed by atoms with Crippen molar-refractivity contribution in [2.45, 2.75) is 18.0 Å². The zero-order chi connectivity index (χ0) is 27.5. The monoisotopic (exact) mass is 546 g/mol. The summed E-state index contributed by atoms with van der Waals surface area (Å²) in [5.74, 6) is 0.749. The first-order valence-corrected chi connectivity index (χ1v) is 14.2. The summed E-state index contributed by atoms with van der Waals surface area (Å²) >= 11 is 0. The van der Waals surface area contributed by atoms with Gasteiger partial charge in [-0.25, -0.2) is 18.4 Å². The van der Waals surface area contributed by atoms with Gasteiger partial charge in [-0.2, -0.15) is 4.31 Å². The molecule has 0 radical (unpaired) electrons. The van der Waals surface area contributed by atoms with Gasteiger partial charge < -0.3 is 5.32 Å². The van der Waals surface area contributed by atoms with E-state index in [1.54, 1.807) is 30.6 Å². The van der Waals surface area contributed by atoms with E-state index < -0.39 is 10.0 Å². The number of para-hydroxylation sites is 1. The normalized spacial score (nSPS) is 11.8. The third-order valence-corrected chi connectivity index (χ3v) is 8.59. The predicted octanol–water partition coefficient (Wildman–Crippen LogP) is 5.67. The molecule has 9 heteroatoms. The Hall–Kier alpha value is -4.73. The lowest BCUT2D eigenvalue weighted by molar-refractivity contribution is 0.397. The van der Waals surface area contributed by atoms with Gasteiger partial charge in [0.25, 0.3) is 0 Å². The number of pyridine rings is 2. The lowest BCUT2D eigenvalue weighted by Gasteiger charge is -2.23. The Balaban J connectivity index is 1.40. The van der Waals surface area contributed by atoms with Gasteiger partial charge in [-0.15, -0.1) is 0 Å². The molecule has 0 saturated carbocycles. The van der Waals surface area contributed by atoms with Crippen molar-refractivity contribution in [2.75, 3.05) is 12.4 Å². The third-order valence-electron chi connectivity index (χ3n) is 6.77. The van der Waals surface area contributed by atoms with E-state index in [1.165, 1.54) is 10.6 Å². The molecule has 0 spiro atoms. The first-order valence-electron chi connectivity index (χ1n) is 12.8. The molecule has 0 atom stereocenters. The molecule has 40 heavy (non-hydrogen) atoms. The molecular formula is C31H26N6O2S. The van der Waals surface area contributed by atoms with Gasteiger partial charge >= 0.3 is 0 Å². The number of hydrogen-bond acceptors (Lipinski definition) is 7. The Morgan fingerprint density at radius 1 is 0.750 bits per heavy atom. The third kappa shape index (κ3) is 5.00. The molecule has 0 amide bonds. The second-order valence-corrected chi connectivity index (χ2v) is 11.2. The van der Waals surface area contributed by atoms with Crippen molar-refractivity contribution >= 4 is 37.6 Å². The number of fused-ring (bicyclic) bond motifs is 2. The molecule has 0 fully saturated rings. The molecule has 0 unspecified atom stereocenters. The highest BCUT2D eigenvalue weighted by Crippen LogP contribution is 2.30. The van der Waals surface area contributed by atoms with Crippen LogP contribution in [0.25, 0.3) is 32.9 Å². The lowest BCUT2D eigenvalue weighted by Crippen LogP contribution is -2.31. The SMILES string of the molecule is CNc1ncnc2ccc(-c3cccc(CN(Cc4ccccn4)S(=O)(=O)c4cccc5cccnc45)c3)cc12. The molecule has 3 aromatic carbocycles. The second kappa shape index (κ2) is 10.8. The summed E-state index contributed by atoms with van der Waals surface area (Å²) < 4.78 is 29.8. The van der Waals surface area contributed by atoms with Crippen LogP contribution in [0.3, 0.4) is 0 Å². The van der Waals surface area contributed by atoms with E-state index >= 15 is 0 Å². The highest BCUT2D eigenvalue weighted by molar-refractivity contribution is 7.89. The zero-order valence-electron chi connectivity index (χ0n) is 21.8. The van der Waals surface area contributed by atoms with Crippen LogP contribution < -0.4 is 5.32 Å². The van der Waals surface area contributed by atoms with Crippen molar-refractivity contribution in [1.29, 1.82) is 0 Å². The van der Waals surface area contributed by atoms with E-state index in [0.717, 1.165) is 38.8 Å². The molecule has 6 aromatic rings. The molecule has 3 heterocycles. The van der Waals surface area contributed by atoms with Crippen molar-refractivity contribution in [3.63, 3.8) is 0 Å². The van der Waals surface area contributed by atoms with Crippen LogP contribution in [-0.4, -0.2) is 39.7 Å². The van der Waals surface area contributed by atoms with Gasteiger partial charge in [-0.1, -0.05) is 48.5 Å². The van der Waals surface area contributed by atoms with Gasteiger partial charge in [0, 0.05) is 36.8 Å². The second-order valence-electron chi connectivity index (χ2n) is 9.33.